The van der Waals surface area contributed by atoms with Crippen molar-refractivity contribution >= 4 is 33.2 Å². The standard InChI is InChI=1S/C21H26N4O4S/c1-24(2)30(28,29)17-9-10-19(25-11-4-3-5-12-25)18(14-17)21(27)23-16-8-6-7-15(13-16)20(22)26/h6-10,13-14H,3-5,11-12H2,1-2H3,(H2,22,26)(H,23,27). The Balaban J connectivity index is 2.01. The topological polar surface area (TPSA) is 113 Å². The van der Waals surface area contributed by atoms with E-state index in [1.165, 1.54) is 32.3 Å². The lowest BCUT2D eigenvalue weighted by molar-refractivity contribution is 0.0996. The van der Waals surface area contributed by atoms with Crippen molar-refractivity contribution in [2.45, 2.75) is 24.2 Å². The predicted octanol–water partition coefficient (Wildman–Crippen LogP) is 2.28. The van der Waals surface area contributed by atoms with Gasteiger partial charge in [-0.1, -0.05) is 6.07 Å². The van der Waals surface area contributed by atoms with E-state index in [2.05, 4.69) is 10.2 Å². The molecule has 1 aliphatic heterocycles. The molecule has 0 radical (unpaired) electrons. The molecule has 160 valence electrons. The van der Waals surface area contributed by atoms with Crippen LogP contribution in [-0.4, -0.2) is 51.7 Å². The highest BCUT2D eigenvalue weighted by atomic mass is 32.2. The van der Waals surface area contributed by atoms with Crippen molar-refractivity contribution in [3.63, 3.8) is 0 Å². The third-order valence-corrected chi connectivity index (χ3v) is 6.90. The number of carbonyl (C=O) groups excluding carboxylic acids is 2. The normalized spacial score (nSPS) is 14.6. The molecule has 0 atom stereocenters. The zero-order valence-corrected chi connectivity index (χ0v) is 17.9. The maximum absolute atomic E-state index is 13.1. The van der Waals surface area contributed by atoms with Gasteiger partial charge in [0, 0.05) is 44.1 Å². The summed E-state index contributed by atoms with van der Waals surface area (Å²) in [5.74, 6) is -1.05. The number of nitrogens with zero attached hydrogens (tertiary/aromatic N) is 2. The van der Waals surface area contributed by atoms with Gasteiger partial charge >= 0.3 is 0 Å². The lowest BCUT2D eigenvalue weighted by Gasteiger charge is -2.30. The van der Waals surface area contributed by atoms with E-state index in [1.807, 2.05) is 0 Å². The van der Waals surface area contributed by atoms with E-state index < -0.39 is 21.8 Å². The molecule has 2 aromatic rings. The van der Waals surface area contributed by atoms with Crippen molar-refractivity contribution in [2.24, 2.45) is 5.73 Å². The largest absolute Gasteiger partial charge is 0.371 e. The first-order chi connectivity index (χ1) is 14.2. The molecule has 9 heteroatoms. The van der Waals surface area contributed by atoms with Crippen molar-refractivity contribution in [3.8, 4) is 0 Å². The van der Waals surface area contributed by atoms with Crippen LogP contribution in [-0.2, 0) is 10.0 Å². The summed E-state index contributed by atoms with van der Waals surface area (Å²) < 4.78 is 26.3. The summed E-state index contributed by atoms with van der Waals surface area (Å²) in [6.07, 6.45) is 3.16. The first-order valence-electron chi connectivity index (χ1n) is 9.73. The summed E-state index contributed by atoms with van der Waals surface area (Å²) in [6, 6.07) is 10.9. The molecule has 0 aromatic heterocycles. The van der Waals surface area contributed by atoms with Crippen molar-refractivity contribution in [2.75, 3.05) is 37.4 Å². The van der Waals surface area contributed by atoms with Gasteiger partial charge in [-0.2, -0.15) is 0 Å². The molecule has 0 saturated carbocycles. The van der Waals surface area contributed by atoms with Gasteiger partial charge in [-0.25, -0.2) is 12.7 Å². The van der Waals surface area contributed by atoms with E-state index in [0.29, 0.717) is 11.4 Å². The monoisotopic (exact) mass is 430 g/mol. The molecule has 0 aliphatic carbocycles. The lowest BCUT2D eigenvalue weighted by atomic mass is 10.1. The Kier molecular flexibility index (Phi) is 6.42. The number of piperidine rings is 1. The Morgan fingerprint density at radius 3 is 2.37 bits per heavy atom. The van der Waals surface area contributed by atoms with Crippen molar-refractivity contribution < 1.29 is 18.0 Å². The van der Waals surface area contributed by atoms with Crippen LogP contribution in [0.1, 0.15) is 40.0 Å². The molecule has 8 nitrogen and oxygen atoms in total. The number of hydrogen-bond donors (Lipinski definition) is 2. The van der Waals surface area contributed by atoms with Gasteiger partial charge in [0.1, 0.15) is 0 Å². The van der Waals surface area contributed by atoms with Crippen LogP contribution < -0.4 is 16.0 Å². The molecule has 0 unspecified atom stereocenters. The SMILES string of the molecule is CN(C)S(=O)(=O)c1ccc(N2CCCCC2)c(C(=O)Nc2cccc(C(N)=O)c2)c1. The van der Waals surface area contributed by atoms with Gasteiger partial charge in [-0.3, -0.25) is 9.59 Å². The zero-order valence-electron chi connectivity index (χ0n) is 17.1. The maximum Gasteiger partial charge on any atom is 0.257 e. The van der Waals surface area contributed by atoms with Crippen LogP contribution in [0.2, 0.25) is 0 Å². The number of anilines is 2. The molecule has 1 heterocycles. The second-order valence-corrected chi connectivity index (χ2v) is 9.57. The Bertz CT molecular complexity index is 1060. The van der Waals surface area contributed by atoms with Crippen LogP contribution in [0.5, 0.6) is 0 Å². The molecule has 30 heavy (non-hydrogen) atoms. The average molecular weight is 431 g/mol. The van der Waals surface area contributed by atoms with Crippen LogP contribution >= 0.6 is 0 Å². The first kappa shape index (κ1) is 21.8. The molecular formula is C21H26N4O4S. The number of nitrogens with one attached hydrogen (secondary N) is 1. The van der Waals surface area contributed by atoms with E-state index >= 15 is 0 Å². The Morgan fingerprint density at radius 1 is 1.03 bits per heavy atom. The summed E-state index contributed by atoms with van der Waals surface area (Å²) in [7, 11) is -0.803. The molecule has 1 aliphatic rings. The van der Waals surface area contributed by atoms with Gasteiger partial charge in [0.05, 0.1) is 10.5 Å². The minimum Gasteiger partial charge on any atom is -0.371 e. The van der Waals surface area contributed by atoms with Crippen LogP contribution in [0.15, 0.2) is 47.4 Å². The van der Waals surface area contributed by atoms with Crippen LogP contribution in [0.3, 0.4) is 0 Å². The van der Waals surface area contributed by atoms with Crippen molar-refractivity contribution in [1.29, 1.82) is 0 Å². The highest BCUT2D eigenvalue weighted by Crippen LogP contribution is 2.28. The summed E-state index contributed by atoms with van der Waals surface area (Å²) >= 11 is 0. The van der Waals surface area contributed by atoms with Crippen LogP contribution in [0.4, 0.5) is 11.4 Å². The first-order valence-corrected chi connectivity index (χ1v) is 11.2. The Morgan fingerprint density at radius 2 is 1.73 bits per heavy atom. The highest BCUT2D eigenvalue weighted by Gasteiger charge is 2.24. The predicted molar refractivity (Wildman–Crippen MR) is 116 cm³/mol. The third-order valence-electron chi connectivity index (χ3n) is 5.09. The quantitative estimate of drug-likeness (QED) is 0.730. The fourth-order valence-electron chi connectivity index (χ4n) is 3.43. The number of rotatable bonds is 6. The summed E-state index contributed by atoms with van der Waals surface area (Å²) in [6.45, 7) is 1.61. The summed E-state index contributed by atoms with van der Waals surface area (Å²) in [5.41, 5.74) is 6.95. The van der Waals surface area contributed by atoms with Gasteiger partial charge in [-0.05, 0) is 55.7 Å². The second kappa shape index (κ2) is 8.85. The fourth-order valence-corrected chi connectivity index (χ4v) is 4.36. The van der Waals surface area contributed by atoms with Gasteiger partial charge < -0.3 is 16.0 Å². The Hall–Kier alpha value is -2.91. The number of hydrogen-bond acceptors (Lipinski definition) is 5. The van der Waals surface area contributed by atoms with Gasteiger partial charge in [-0.15, -0.1) is 0 Å². The second-order valence-electron chi connectivity index (χ2n) is 7.41. The number of nitrogens with two attached hydrogens (primary N) is 1. The molecule has 1 saturated heterocycles. The number of amides is 2. The number of benzene rings is 2. The average Bonchev–Trinajstić information content (AvgIpc) is 2.74. The molecular weight excluding hydrogens is 404 g/mol. The van der Waals surface area contributed by atoms with E-state index in [-0.39, 0.29) is 16.0 Å². The zero-order chi connectivity index (χ0) is 21.9. The number of carbonyl (C=O) groups is 2. The Labute approximate surface area is 176 Å². The van der Waals surface area contributed by atoms with Crippen LogP contribution in [0, 0.1) is 0 Å². The van der Waals surface area contributed by atoms with E-state index in [0.717, 1.165) is 36.7 Å². The minimum absolute atomic E-state index is 0.0456. The maximum atomic E-state index is 13.1. The fraction of sp³-hybridized carbons (Fsp3) is 0.333. The van der Waals surface area contributed by atoms with E-state index in [4.69, 9.17) is 5.73 Å². The lowest BCUT2D eigenvalue weighted by Crippen LogP contribution is -2.32. The molecule has 2 aromatic carbocycles. The summed E-state index contributed by atoms with van der Waals surface area (Å²) in [4.78, 5) is 26.7. The molecule has 0 spiro atoms. The van der Waals surface area contributed by atoms with E-state index in [9.17, 15) is 18.0 Å². The molecule has 2 amide bonds. The molecule has 1 fully saturated rings. The highest BCUT2D eigenvalue weighted by molar-refractivity contribution is 7.89. The third kappa shape index (κ3) is 4.63. The molecule has 3 N–H and O–H groups in total. The summed E-state index contributed by atoms with van der Waals surface area (Å²) in [5, 5.41) is 2.76. The van der Waals surface area contributed by atoms with E-state index in [1.54, 1.807) is 24.3 Å². The molecule has 3 rings (SSSR count). The minimum atomic E-state index is -3.70. The van der Waals surface area contributed by atoms with Gasteiger partial charge in [0.15, 0.2) is 0 Å². The number of primary amides is 1. The number of sulfonamides is 1. The smallest absolute Gasteiger partial charge is 0.257 e. The van der Waals surface area contributed by atoms with Crippen molar-refractivity contribution in [1.82, 2.24) is 4.31 Å². The van der Waals surface area contributed by atoms with Crippen LogP contribution in [0.25, 0.3) is 0 Å². The van der Waals surface area contributed by atoms with Gasteiger partial charge in [0.2, 0.25) is 15.9 Å². The molecule has 0 bridgehead atoms. The van der Waals surface area contributed by atoms with Gasteiger partial charge in [0.25, 0.3) is 5.91 Å². The van der Waals surface area contributed by atoms with Crippen molar-refractivity contribution in [3.05, 3.63) is 53.6 Å².